The van der Waals surface area contributed by atoms with Crippen molar-refractivity contribution in [1.82, 2.24) is 0 Å². The third-order valence-corrected chi connectivity index (χ3v) is 5.27. The molecular formula is C18H14ArFIS. The summed E-state index contributed by atoms with van der Waals surface area (Å²) in [7, 11) is 0. The summed E-state index contributed by atoms with van der Waals surface area (Å²) in [5.41, 5.74) is 3.77. The van der Waals surface area contributed by atoms with Gasteiger partial charge in [0.25, 0.3) is 0 Å². The topological polar surface area (TPSA) is 0 Å². The average molecular weight is 448 g/mol. The molecule has 0 amide bonds. The first kappa shape index (κ1) is 18.4. The summed E-state index contributed by atoms with van der Waals surface area (Å²) in [4.78, 5) is 2.52. The van der Waals surface area contributed by atoms with Crippen LogP contribution in [0.4, 0.5) is 4.39 Å². The molecule has 0 aliphatic heterocycles. The predicted molar refractivity (Wildman–Crippen MR) is 96.4 cm³/mol. The van der Waals surface area contributed by atoms with Gasteiger partial charge in [0.05, 0.1) is 0 Å². The van der Waals surface area contributed by atoms with E-state index < -0.39 is 0 Å². The van der Waals surface area contributed by atoms with E-state index in [1.807, 2.05) is 12.1 Å². The molecule has 0 atom stereocenters. The van der Waals surface area contributed by atoms with Crippen LogP contribution < -0.4 is 0 Å². The molecular weight excluding hydrogens is 434 g/mol. The Labute approximate surface area is 177 Å². The van der Waals surface area contributed by atoms with Crippen LogP contribution in [0.5, 0.6) is 0 Å². The Bertz CT molecular complexity index is 765. The van der Waals surface area contributed by atoms with Crippen molar-refractivity contribution in [3.05, 3.63) is 80.0 Å². The van der Waals surface area contributed by atoms with E-state index in [0.717, 1.165) is 12.0 Å². The second-order valence-electron chi connectivity index (χ2n) is 5.02. The van der Waals surface area contributed by atoms with Gasteiger partial charge in [-0.3, -0.25) is 0 Å². The van der Waals surface area contributed by atoms with E-state index in [1.165, 1.54) is 36.6 Å². The maximum atomic E-state index is 13.0. The molecule has 0 nitrogen and oxygen atoms in total. The number of aryl methyl sites for hydroxylation is 1. The standard InChI is InChI=1S/C18H14FIS.Ar/c1-12-2-7-16(20)10-14(12)11-17-8-9-18(21-17)13-3-5-15(19)6-4-13;/h2-10H,11H2,1H3;. The molecule has 0 N–H and O–H groups in total. The van der Waals surface area contributed by atoms with Crippen LogP contribution in [0.15, 0.2) is 54.6 Å². The van der Waals surface area contributed by atoms with Crippen LogP contribution in [0.3, 0.4) is 0 Å². The van der Waals surface area contributed by atoms with E-state index in [0.29, 0.717) is 0 Å². The molecule has 0 unspecified atom stereocenters. The van der Waals surface area contributed by atoms with Crippen molar-refractivity contribution >= 4 is 33.9 Å². The predicted octanol–water partition coefficient (Wildman–Crippen LogP) is 6.06. The third kappa shape index (κ3) is 4.54. The van der Waals surface area contributed by atoms with Crippen LogP contribution in [0.2, 0.25) is 0 Å². The zero-order valence-electron chi connectivity index (χ0n) is 11.9. The van der Waals surface area contributed by atoms with Gasteiger partial charge in [-0.15, -0.1) is 11.3 Å². The summed E-state index contributed by atoms with van der Waals surface area (Å²) >= 11 is 4.13. The van der Waals surface area contributed by atoms with E-state index in [1.54, 1.807) is 11.3 Å². The minimum absolute atomic E-state index is 0. The second kappa shape index (κ2) is 8.24. The summed E-state index contributed by atoms with van der Waals surface area (Å²) in [6.07, 6.45) is 0.953. The van der Waals surface area contributed by atoms with E-state index in [-0.39, 0.29) is 43.6 Å². The Hall–Kier alpha value is 0.0597. The van der Waals surface area contributed by atoms with Gasteiger partial charge in [0.15, 0.2) is 0 Å². The van der Waals surface area contributed by atoms with Gasteiger partial charge in [-0.2, -0.15) is 0 Å². The van der Waals surface area contributed by atoms with E-state index in [2.05, 4.69) is 59.8 Å². The van der Waals surface area contributed by atoms with Gasteiger partial charge in [-0.25, -0.2) is 4.39 Å². The third-order valence-electron chi connectivity index (χ3n) is 3.47. The van der Waals surface area contributed by atoms with Crippen molar-refractivity contribution in [2.24, 2.45) is 0 Å². The number of rotatable bonds is 3. The summed E-state index contributed by atoms with van der Waals surface area (Å²) in [6, 6.07) is 17.5. The molecule has 3 aromatic rings. The zero-order chi connectivity index (χ0) is 14.8. The van der Waals surface area contributed by atoms with Crippen LogP contribution in [0.25, 0.3) is 10.4 Å². The van der Waals surface area contributed by atoms with Crippen molar-refractivity contribution in [3.63, 3.8) is 0 Å². The number of halogens is 2. The first-order valence-electron chi connectivity index (χ1n) is 6.71. The molecule has 0 radical (unpaired) electrons. The normalized spacial score (nSPS) is 10.3. The maximum absolute atomic E-state index is 13.0. The van der Waals surface area contributed by atoms with Crippen molar-refractivity contribution in [1.29, 1.82) is 0 Å². The Morgan fingerprint density at radius 2 is 1.73 bits per heavy atom. The molecule has 0 aliphatic carbocycles. The van der Waals surface area contributed by atoms with E-state index >= 15 is 0 Å². The molecule has 0 fully saturated rings. The van der Waals surface area contributed by atoms with Gasteiger partial charge in [-0.1, -0.05) is 18.2 Å². The molecule has 4 heteroatoms. The molecule has 0 bridgehead atoms. The molecule has 0 saturated heterocycles. The van der Waals surface area contributed by atoms with Gasteiger partial charge >= 0.3 is 0 Å². The number of thiophene rings is 1. The number of benzene rings is 2. The molecule has 0 spiro atoms. The number of hydrogen-bond acceptors (Lipinski definition) is 1. The summed E-state index contributed by atoms with van der Waals surface area (Å²) in [6.45, 7) is 2.15. The Balaban J connectivity index is 0.00000176. The molecule has 22 heavy (non-hydrogen) atoms. The fourth-order valence-electron chi connectivity index (χ4n) is 2.26. The zero-order valence-corrected chi connectivity index (χ0v) is 15.6. The van der Waals surface area contributed by atoms with E-state index in [9.17, 15) is 4.39 Å². The first-order chi connectivity index (χ1) is 10.1. The largest absolute Gasteiger partial charge is 0.207 e. The van der Waals surface area contributed by atoms with Gasteiger partial charge in [-0.05, 0) is 82.6 Å². The van der Waals surface area contributed by atoms with Crippen molar-refractivity contribution in [2.45, 2.75) is 13.3 Å². The molecule has 2 aromatic carbocycles. The minimum atomic E-state index is -0.190. The quantitative estimate of drug-likeness (QED) is 0.428. The molecule has 114 valence electrons. The summed E-state index contributed by atoms with van der Waals surface area (Å²) < 4.78 is 14.2. The van der Waals surface area contributed by atoms with Crippen LogP contribution in [-0.2, 0) is 6.42 Å². The number of hydrogen-bond donors (Lipinski definition) is 0. The minimum Gasteiger partial charge on any atom is -0.207 e. The monoisotopic (exact) mass is 448 g/mol. The van der Waals surface area contributed by atoms with Crippen LogP contribution >= 0.6 is 33.9 Å². The second-order valence-corrected chi connectivity index (χ2v) is 7.43. The van der Waals surface area contributed by atoms with E-state index in [4.69, 9.17) is 0 Å². The summed E-state index contributed by atoms with van der Waals surface area (Å²) in [5.74, 6) is -0.190. The van der Waals surface area contributed by atoms with Crippen LogP contribution in [-0.4, -0.2) is 0 Å². The fraction of sp³-hybridized carbons (Fsp3) is 0.111. The molecule has 3 rings (SSSR count). The van der Waals surface area contributed by atoms with Crippen molar-refractivity contribution in [3.8, 4) is 10.4 Å². The van der Waals surface area contributed by atoms with Gasteiger partial charge in [0.2, 0.25) is 0 Å². The van der Waals surface area contributed by atoms with Crippen molar-refractivity contribution in [2.75, 3.05) is 0 Å². The summed E-state index contributed by atoms with van der Waals surface area (Å²) in [5, 5.41) is 0. The van der Waals surface area contributed by atoms with Crippen molar-refractivity contribution < 1.29 is 42.1 Å². The first-order valence-corrected chi connectivity index (χ1v) is 8.61. The Kier molecular flexibility index (Phi) is 6.90. The molecule has 1 heterocycles. The molecule has 0 aliphatic rings. The van der Waals surface area contributed by atoms with Crippen LogP contribution in [0.1, 0.15) is 16.0 Å². The molecule has 0 saturated carbocycles. The van der Waals surface area contributed by atoms with Gasteiger partial charge < -0.3 is 0 Å². The maximum Gasteiger partial charge on any atom is 0.123 e. The van der Waals surface area contributed by atoms with Gasteiger partial charge in [0.1, 0.15) is 5.82 Å². The Morgan fingerprint density at radius 3 is 2.45 bits per heavy atom. The SMILES string of the molecule is Cc1ccc(I)cc1Cc1ccc(-c2ccc(F)cc2)s1.[Ar]. The smallest absolute Gasteiger partial charge is 0.123 e. The van der Waals surface area contributed by atoms with Crippen LogP contribution in [0, 0.1) is 54.0 Å². The fourth-order valence-corrected chi connectivity index (χ4v) is 3.85. The Morgan fingerprint density at radius 1 is 1.00 bits per heavy atom. The molecule has 1 aromatic heterocycles. The van der Waals surface area contributed by atoms with Gasteiger partial charge in [0, 0.05) is 57.5 Å². The average Bonchev–Trinajstić information content (AvgIpc) is 2.92.